The first-order valence-corrected chi connectivity index (χ1v) is 9.88. The Bertz CT molecular complexity index is 1020. The van der Waals surface area contributed by atoms with Crippen molar-refractivity contribution in [1.82, 2.24) is 10.5 Å². The van der Waals surface area contributed by atoms with E-state index in [1.165, 1.54) is 13.0 Å². The molecule has 0 fully saturated rings. The van der Waals surface area contributed by atoms with Crippen LogP contribution in [-0.4, -0.2) is 37.5 Å². The fourth-order valence-corrected chi connectivity index (χ4v) is 3.46. The number of hydrogen-bond donors (Lipinski definition) is 3. The highest BCUT2D eigenvalue weighted by molar-refractivity contribution is 7.92. The molecular formula is C16H16F6N4O4S. The number of sulfonamides is 1. The van der Waals surface area contributed by atoms with E-state index in [0.717, 1.165) is 29.6 Å². The summed E-state index contributed by atoms with van der Waals surface area (Å²) in [5.74, 6) is 0.235. The molecule has 31 heavy (non-hydrogen) atoms. The Morgan fingerprint density at radius 3 is 2.03 bits per heavy atom. The number of nitrogens with one attached hydrogen (secondary N) is 3. The highest BCUT2D eigenvalue weighted by atomic mass is 32.2. The smallest absolute Gasteiger partial charge is 0.360 e. The molecule has 2 amide bonds. The average molecular weight is 474 g/mol. The molecule has 2 rings (SSSR count). The van der Waals surface area contributed by atoms with Crippen LogP contribution in [0.15, 0.2) is 39.8 Å². The van der Waals surface area contributed by atoms with E-state index in [2.05, 4.69) is 9.88 Å². The van der Waals surface area contributed by atoms with Crippen LogP contribution in [0, 0.1) is 6.92 Å². The fourth-order valence-electron chi connectivity index (χ4n) is 2.48. The molecule has 2 aromatic rings. The van der Waals surface area contributed by atoms with Gasteiger partial charge in [0.15, 0.2) is 5.82 Å². The van der Waals surface area contributed by atoms with Crippen molar-refractivity contribution in [3.05, 3.63) is 36.1 Å². The van der Waals surface area contributed by atoms with Crippen molar-refractivity contribution in [3.63, 3.8) is 0 Å². The number of amides is 2. The molecule has 0 atom stereocenters. The van der Waals surface area contributed by atoms with E-state index in [-0.39, 0.29) is 16.4 Å². The van der Waals surface area contributed by atoms with Crippen LogP contribution in [-0.2, 0) is 10.0 Å². The number of halogens is 6. The first kappa shape index (κ1) is 24.3. The summed E-state index contributed by atoms with van der Waals surface area (Å²) in [6.45, 7) is 2.16. The van der Waals surface area contributed by atoms with Gasteiger partial charge in [-0.3, -0.25) is 4.72 Å². The van der Waals surface area contributed by atoms with Gasteiger partial charge in [0, 0.05) is 11.8 Å². The van der Waals surface area contributed by atoms with Gasteiger partial charge in [0.2, 0.25) is 5.54 Å². The second kappa shape index (κ2) is 8.28. The lowest BCUT2D eigenvalue weighted by atomic mass is 9.94. The minimum absolute atomic E-state index is 0.103. The second-order valence-corrected chi connectivity index (χ2v) is 7.97. The number of urea groups is 1. The largest absolute Gasteiger partial charge is 0.420 e. The molecule has 0 unspecified atom stereocenters. The second-order valence-electron chi connectivity index (χ2n) is 6.29. The molecule has 1 aromatic heterocycles. The molecule has 0 aliphatic heterocycles. The minimum Gasteiger partial charge on any atom is -0.360 e. The van der Waals surface area contributed by atoms with Crippen LogP contribution >= 0.6 is 0 Å². The summed E-state index contributed by atoms with van der Waals surface area (Å²) in [6, 6.07) is 3.45. The molecule has 1 heterocycles. The van der Waals surface area contributed by atoms with Gasteiger partial charge in [-0.05, 0) is 37.6 Å². The van der Waals surface area contributed by atoms with Crippen LogP contribution in [0.3, 0.4) is 0 Å². The Hall–Kier alpha value is -2.97. The van der Waals surface area contributed by atoms with Gasteiger partial charge in [-0.25, -0.2) is 13.2 Å². The number of aryl methyl sites for hydroxylation is 1. The number of carbonyl (C=O) groups excluding carboxylic acids is 1. The summed E-state index contributed by atoms with van der Waals surface area (Å²) >= 11 is 0. The van der Waals surface area contributed by atoms with Crippen molar-refractivity contribution >= 4 is 27.6 Å². The van der Waals surface area contributed by atoms with E-state index in [0.29, 0.717) is 12.7 Å². The maximum Gasteiger partial charge on any atom is 0.420 e. The van der Waals surface area contributed by atoms with Gasteiger partial charge in [-0.15, -0.1) is 0 Å². The number of anilines is 2. The normalized spacial score (nSPS) is 13.0. The van der Waals surface area contributed by atoms with Crippen molar-refractivity contribution in [3.8, 4) is 0 Å². The third-order valence-corrected chi connectivity index (χ3v) is 5.49. The predicted octanol–water partition coefficient (Wildman–Crippen LogP) is 4.18. The zero-order valence-electron chi connectivity index (χ0n) is 15.9. The lowest BCUT2D eigenvalue weighted by Crippen LogP contribution is -2.67. The number of benzene rings is 1. The molecule has 0 spiro atoms. The Kier molecular flexibility index (Phi) is 6.49. The highest BCUT2D eigenvalue weighted by Crippen LogP contribution is 2.45. The molecule has 0 radical (unpaired) electrons. The first-order valence-electron chi connectivity index (χ1n) is 8.40. The Morgan fingerprint density at radius 2 is 1.61 bits per heavy atom. The summed E-state index contributed by atoms with van der Waals surface area (Å²) in [5, 5.41) is 6.20. The summed E-state index contributed by atoms with van der Waals surface area (Å²) in [5.41, 5.74) is -4.70. The molecule has 0 saturated carbocycles. The Morgan fingerprint density at radius 1 is 1.06 bits per heavy atom. The van der Waals surface area contributed by atoms with Gasteiger partial charge < -0.3 is 15.2 Å². The molecule has 3 N–H and O–H groups in total. The third-order valence-electron chi connectivity index (χ3n) is 4.11. The summed E-state index contributed by atoms with van der Waals surface area (Å²) in [4.78, 5) is 11.5. The monoisotopic (exact) mass is 474 g/mol. The molecule has 8 nitrogen and oxygen atoms in total. The van der Waals surface area contributed by atoms with Crippen LogP contribution in [0.1, 0.15) is 19.1 Å². The fraction of sp³-hybridized carbons (Fsp3) is 0.375. The van der Waals surface area contributed by atoms with Crippen LogP contribution in [0.5, 0.6) is 0 Å². The average Bonchev–Trinajstić information content (AvgIpc) is 3.02. The van der Waals surface area contributed by atoms with Crippen molar-refractivity contribution < 1.29 is 44.1 Å². The van der Waals surface area contributed by atoms with Crippen molar-refractivity contribution in [2.24, 2.45) is 0 Å². The Labute approximate surface area is 172 Å². The van der Waals surface area contributed by atoms with Crippen molar-refractivity contribution in [1.29, 1.82) is 0 Å². The molecule has 0 aliphatic rings. The van der Waals surface area contributed by atoms with E-state index >= 15 is 0 Å². The molecule has 1 aromatic carbocycles. The number of carbonyl (C=O) groups is 1. The topological polar surface area (TPSA) is 113 Å². The molecule has 0 saturated heterocycles. The van der Waals surface area contributed by atoms with Crippen molar-refractivity contribution in [2.45, 2.75) is 43.1 Å². The number of rotatable bonds is 6. The summed E-state index contributed by atoms with van der Waals surface area (Å²) < 4.78 is 110. The van der Waals surface area contributed by atoms with E-state index in [1.54, 1.807) is 0 Å². The Balaban J connectivity index is 2.16. The SMILES string of the molecule is CCC(NC(=O)Nc1ccc(S(=O)(=O)Nc2cc(C)on2)cc1)(C(F)(F)F)C(F)(F)F. The first-order chi connectivity index (χ1) is 14.1. The maximum absolute atomic E-state index is 13.1. The van der Waals surface area contributed by atoms with E-state index in [4.69, 9.17) is 4.52 Å². The van der Waals surface area contributed by atoms with Gasteiger partial charge >= 0.3 is 18.4 Å². The zero-order valence-corrected chi connectivity index (χ0v) is 16.7. The predicted molar refractivity (Wildman–Crippen MR) is 95.8 cm³/mol. The third kappa shape index (κ3) is 5.21. The lowest BCUT2D eigenvalue weighted by molar-refractivity contribution is -0.304. The van der Waals surface area contributed by atoms with Gasteiger partial charge in [0.25, 0.3) is 10.0 Å². The minimum atomic E-state index is -5.81. The van der Waals surface area contributed by atoms with Crippen LogP contribution in [0.25, 0.3) is 0 Å². The molecule has 15 heteroatoms. The number of aromatic nitrogens is 1. The van der Waals surface area contributed by atoms with Gasteiger partial charge in [0.05, 0.1) is 4.90 Å². The van der Waals surface area contributed by atoms with Gasteiger partial charge in [-0.2, -0.15) is 26.3 Å². The maximum atomic E-state index is 13.1. The van der Waals surface area contributed by atoms with Crippen LogP contribution < -0.4 is 15.4 Å². The summed E-state index contributed by atoms with van der Waals surface area (Å²) in [7, 11) is -4.12. The standard InChI is InChI=1S/C16H16F6N4O4S/c1-3-14(15(17,18)19,16(20,21)22)24-13(27)23-10-4-6-11(7-5-10)31(28,29)26-12-8-9(2)30-25-12/h4-8H,3H2,1-2H3,(H,25,26)(H2,23,24,27). The van der Waals surface area contributed by atoms with Gasteiger partial charge in [0.1, 0.15) is 5.76 Å². The highest BCUT2D eigenvalue weighted by Gasteiger charge is 2.70. The number of nitrogens with zero attached hydrogens (tertiary/aromatic N) is 1. The van der Waals surface area contributed by atoms with Crippen LogP contribution in [0.4, 0.5) is 42.6 Å². The van der Waals surface area contributed by atoms with E-state index in [9.17, 15) is 39.6 Å². The van der Waals surface area contributed by atoms with E-state index in [1.807, 2.05) is 5.32 Å². The van der Waals surface area contributed by atoms with Crippen molar-refractivity contribution in [2.75, 3.05) is 10.0 Å². The molecule has 0 aliphatic carbocycles. The molecule has 0 bridgehead atoms. The van der Waals surface area contributed by atoms with Gasteiger partial charge in [-0.1, -0.05) is 12.1 Å². The number of alkyl halides is 6. The zero-order chi connectivity index (χ0) is 23.7. The summed E-state index contributed by atoms with van der Waals surface area (Å²) in [6.07, 6.45) is -13.1. The molecule has 172 valence electrons. The van der Waals surface area contributed by atoms with Crippen LogP contribution in [0.2, 0.25) is 0 Å². The number of hydrogen-bond acceptors (Lipinski definition) is 5. The molecular weight excluding hydrogens is 458 g/mol. The van der Waals surface area contributed by atoms with E-state index < -0.39 is 40.4 Å². The quantitative estimate of drug-likeness (QED) is 0.544. The lowest BCUT2D eigenvalue weighted by Gasteiger charge is -2.37.